The summed E-state index contributed by atoms with van der Waals surface area (Å²) in [7, 11) is 0. The number of hydrogen-bond donors (Lipinski definition) is 2. The van der Waals surface area contributed by atoms with Crippen LogP contribution >= 0.6 is 0 Å². The zero-order valence-electron chi connectivity index (χ0n) is 10.1. The molecule has 2 rings (SSSR count). The van der Waals surface area contributed by atoms with Gasteiger partial charge in [-0.15, -0.1) is 0 Å². The third-order valence-corrected chi connectivity index (χ3v) is 3.24. The first-order chi connectivity index (χ1) is 8.00. The van der Waals surface area contributed by atoms with Gasteiger partial charge in [0, 0.05) is 18.7 Å². The molecule has 1 aliphatic heterocycles. The molecule has 0 bridgehead atoms. The Hall–Kier alpha value is -1.39. The topological polar surface area (TPSA) is 60.8 Å². The summed E-state index contributed by atoms with van der Waals surface area (Å²) in [6.07, 6.45) is -1.66. The summed E-state index contributed by atoms with van der Waals surface area (Å²) in [6, 6.07) is 5.70. The van der Waals surface area contributed by atoms with E-state index >= 15 is 0 Å². The first kappa shape index (κ1) is 12.1. The predicted molar refractivity (Wildman–Crippen MR) is 63.8 cm³/mol. The second-order valence-electron chi connectivity index (χ2n) is 4.61. The van der Waals surface area contributed by atoms with Crippen LogP contribution in [-0.2, 0) is 0 Å². The van der Waals surface area contributed by atoms with Crippen molar-refractivity contribution in [1.82, 2.24) is 4.90 Å². The fourth-order valence-corrected chi connectivity index (χ4v) is 2.25. The van der Waals surface area contributed by atoms with Crippen LogP contribution in [0.3, 0.4) is 0 Å². The van der Waals surface area contributed by atoms with Gasteiger partial charge in [0.15, 0.2) is 0 Å². The molecule has 0 radical (unpaired) electrons. The highest BCUT2D eigenvalue weighted by atomic mass is 16.3. The monoisotopic (exact) mass is 235 g/mol. The number of β-amino-alcohol motifs (C(OH)–C–C–N with tert-alkyl or cyclic N) is 2. The van der Waals surface area contributed by atoms with Crippen LogP contribution in [0.15, 0.2) is 18.2 Å². The lowest BCUT2D eigenvalue weighted by atomic mass is 10.0. The SMILES string of the molecule is Cc1cccc(C)c1C(=O)N1C[C@@H](O)[C@@H](O)C1. The summed E-state index contributed by atoms with van der Waals surface area (Å²) in [5, 5.41) is 18.9. The van der Waals surface area contributed by atoms with Crippen molar-refractivity contribution in [3.05, 3.63) is 34.9 Å². The van der Waals surface area contributed by atoms with Crippen molar-refractivity contribution in [2.24, 2.45) is 0 Å². The molecule has 1 fully saturated rings. The first-order valence-corrected chi connectivity index (χ1v) is 5.72. The third-order valence-electron chi connectivity index (χ3n) is 3.24. The highest BCUT2D eigenvalue weighted by Gasteiger charge is 2.33. The fraction of sp³-hybridized carbons (Fsp3) is 0.462. The summed E-state index contributed by atoms with van der Waals surface area (Å²) in [6.45, 7) is 4.19. The molecular weight excluding hydrogens is 218 g/mol. The van der Waals surface area contributed by atoms with Gasteiger partial charge in [-0.25, -0.2) is 0 Å². The lowest BCUT2D eigenvalue weighted by Crippen LogP contribution is -2.30. The van der Waals surface area contributed by atoms with Crippen molar-refractivity contribution >= 4 is 5.91 Å². The van der Waals surface area contributed by atoms with Crippen LogP contribution in [0, 0.1) is 13.8 Å². The van der Waals surface area contributed by atoms with E-state index in [4.69, 9.17) is 0 Å². The van der Waals surface area contributed by atoms with Crippen molar-refractivity contribution in [1.29, 1.82) is 0 Å². The number of hydrogen-bond acceptors (Lipinski definition) is 3. The number of nitrogens with zero attached hydrogens (tertiary/aromatic N) is 1. The van der Waals surface area contributed by atoms with Crippen LogP contribution in [0.25, 0.3) is 0 Å². The van der Waals surface area contributed by atoms with Crippen LogP contribution in [0.1, 0.15) is 21.5 Å². The fourth-order valence-electron chi connectivity index (χ4n) is 2.25. The molecule has 2 N–H and O–H groups in total. The highest BCUT2D eigenvalue weighted by Crippen LogP contribution is 2.19. The molecule has 2 atom stereocenters. The van der Waals surface area contributed by atoms with Gasteiger partial charge in [-0.3, -0.25) is 4.79 Å². The van der Waals surface area contributed by atoms with Gasteiger partial charge >= 0.3 is 0 Å². The average molecular weight is 235 g/mol. The molecular formula is C13H17NO3. The lowest BCUT2D eigenvalue weighted by molar-refractivity contribution is 0.0572. The minimum atomic E-state index is -0.830. The number of aliphatic hydroxyl groups is 2. The maximum Gasteiger partial charge on any atom is 0.254 e. The van der Waals surface area contributed by atoms with E-state index in [0.29, 0.717) is 5.56 Å². The van der Waals surface area contributed by atoms with Gasteiger partial charge in [0.25, 0.3) is 5.91 Å². The maximum absolute atomic E-state index is 12.3. The molecule has 1 aliphatic rings. The van der Waals surface area contributed by atoms with Gasteiger partial charge in [0.1, 0.15) is 0 Å². The second kappa shape index (κ2) is 4.47. The van der Waals surface area contributed by atoms with E-state index in [1.165, 1.54) is 4.90 Å². The lowest BCUT2D eigenvalue weighted by Gasteiger charge is -2.18. The number of benzene rings is 1. The number of aliphatic hydroxyl groups excluding tert-OH is 2. The van der Waals surface area contributed by atoms with E-state index < -0.39 is 12.2 Å². The summed E-state index contributed by atoms with van der Waals surface area (Å²) < 4.78 is 0. The van der Waals surface area contributed by atoms with E-state index in [2.05, 4.69) is 0 Å². The normalized spacial score (nSPS) is 24.1. The van der Waals surface area contributed by atoms with Gasteiger partial charge in [-0.2, -0.15) is 0 Å². The molecule has 1 heterocycles. The summed E-state index contributed by atoms with van der Waals surface area (Å²) >= 11 is 0. The predicted octanol–water partition coefficient (Wildman–Crippen LogP) is 0.481. The van der Waals surface area contributed by atoms with Gasteiger partial charge in [0.05, 0.1) is 12.2 Å². The first-order valence-electron chi connectivity index (χ1n) is 5.72. The van der Waals surface area contributed by atoms with Gasteiger partial charge < -0.3 is 15.1 Å². The number of likely N-dealkylation sites (tertiary alicyclic amines) is 1. The van der Waals surface area contributed by atoms with Gasteiger partial charge in [0.2, 0.25) is 0 Å². The minimum Gasteiger partial charge on any atom is -0.388 e. The van der Waals surface area contributed by atoms with Gasteiger partial charge in [-0.05, 0) is 25.0 Å². The molecule has 92 valence electrons. The summed E-state index contributed by atoms with van der Waals surface area (Å²) in [5.74, 6) is -0.115. The molecule has 1 aromatic carbocycles. The Kier molecular flexibility index (Phi) is 3.17. The highest BCUT2D eigenvalue weighted by molar-refractivity contribution is 5.97. The van der Waals surface area contributed by atoms with E-state index in [-0.39, 0.29) is 19.0 Å². The van der Waals surface area contributed by atoms with Crippen LogP contribution < -0.4 is 0 Å². The van der Waals surface area contributed by atoms with Crippen molar-refractivity contribution in [3.8, 4) is 0 Å². The molecule has 4 nitrogen and oxygen atoms in total. The largest absolute Gasteiger partial charge is 0.388 e. The van der Waals surface area contributed by atoms with E-state index in [9.17, 15) is 15.0 Å². The van der Waals surface area contributed by atoms with E-state index in [1.54, 1.807) is 0 Å². The van der Waals surface area contributed by atoms with Crippen molar-refractivity contribution < 1.29 is 15.0 Å². The standard InChI is InChI=1S/C13H17NO3/c1-8-4-3-5-9(2)12(8)13(17)14-6-10(15)11(16)7-14/h3-5,10-11,15-16H,6-7H2,1-2H3/t10-,11+. The van der Waals surface area contributed by atoms with Crippen LogP contribution in [0.2, 0.25) is 0 Å². The quantitative estimate of drug-likeness (QED) is 0.744. The van der Waals surface area contributed by atoms with Crippen LogP contribution in [0.4, 0.5) is 0 Å². The second-order valence-corrected chi connectivity index (χ2v) is 4.61. The zero-order valence-corrected chi connectivity index (χ0v) is 10.1. The van der Waals surface area contributed by atoms with Crippen molar-refractivity contribution in [2.45, 2.75) is 26.1 Å². The molecule has 0 saturated carbocycles. The Morgan fingerprint density at radius 3 is 2.12 bits per heavy atom. The summed E-state index contributed by atoms with van der Waals surface area (Å²) in [4.78, 5) is 13.8. The smallest absolute Gasteiger partial charge is 0.254 e. The van der Waals surface area contributed by atoms with Crippen molar-refractivity contribution in [2.75, 3.05) is 13.1 Å². The molecule has 0 spiro atoms. The third kappa shape index (κ3) is 2.18. The molecule has 4 heteroatoms. The number of amides is 1. The van der Waals surface area contributed by atoms with Crippen LogP contribution in [-0.4, -0.2) is 46.3 Å². The number of carbonyl (C=O) groups excluding carboxylic acids is 1. The molecule has 17 heavy (non-hydrogen) atoms. The molecule has 0 aromatic heterocycles. The minimum absolute atomic E-state index is 0.115. The zero-order chi connectivity index (χ0) is 12.6. The van der Waals surface area contributed by atoms with E-state index in [1.807, 2.05) is 32.0 Å². The Balaban J connectivity index is 2.27. The number of rotatable bonds is 1. The maximum atomic E-state index is 12.3. The van der Waals surface area contributed by atoms with Gasteiger partial charge in [-0.1, -0.05) is 18.2 Å². The molecule has 1 amide bonds. The average Bonchev–Trinajstić information content (AvgIpc) is 2.59. The Bertz CT molecular complexity index is 414. The number of carbonyl (C=O) groups is 1. The molecule has 1 saturated heterocycles. The number of aryl methyl sites for hydroxylation is 2. The Labute approximate surface area is 100 Å². The Morgan fingerprint density at radius 1 is 1.18 bits per heavy atom. The molecule has 0 unspecified atom stereocenters. The van der Waals surface area contributed by atoms with E-state index in [0.717, 1.165) is 11.1 Å². The Morgan fingerprint density at radius 2 is 1.65 bits per heavy atom. The molecule has 0 aliphatic carbocycles. The molecule has 1 aromatic rings. The van der Waals surface area contributed by atoms with Crippen LogP contribution in [0.5, 0.6) is 0 Å². The summed E-state index contributed by atoms with van der Waals surface area (Å²) in [5.41, 5.74) is 2.52. The van der Waals surface area contributed by atoms with Crippen molar-refractivity contribution in [3.63, 3.8) is 0 Å².